The maximum Gasteiger partial charge on any atom is 0.335 e. The summed E-state index contributed by atoms with van der Waals surface area (Å²) in [5.74, 6) is -1.74. The Hall–Kier alpha value is -2.42. The summed E-state index contributed by atoms with van der Waals surface area (Å²) in [6.45, 7) is 0. The molecule has 8 nitrogen and oxygen atoms in total. The van der Waals surface area contributed by atoms with E-state index < -0.39 is 18.0 Å². The molecule has 1 heterocycles. The normalized spacial score (nSPS) is 11.9. The van der Waals surface area contributed by atoms with Gasteiger partial charge in [-0.05, 0) is 16.0 Å². The average Bonchev–Trinajstić information content (AvgIpc) is 2.94. The van der Waals surface area contributed by atoms with Gasteiger partial charge in [0, 0.05) is 0 Å². The standard InChI is InChI=1S/C12H12N4O4S/c1-20-11(19)10(8-5-3-2-4-6-8)16-12(13-14-15-16)21-7-9(17)18/h2-6,10H,7H2,1H3,(H,17,18). The molecule has 9 heteroatoms. The molecular formula is C12H12N4O4S. The number of rotatable bonds is 6. The number of hydrogen-bond donors (Lipinski definition) is 1. The molecule has 0 radical (unpaired) electrons. The van der Waals surface area contributed by atoms with Crippen LogP contribution in [-0.4, -0.2) is 50.1 Å². The number of carbonyl (C=O) groups excluding carboxylic acids is 1. The lowest BCUT2D eigenvalue weighted by molar-refractivity contribution is -0.143. The SMILES string of the molecule is COC(=O)C(c1ccccc1)n1nnnc1SCC(=O)O. The number of aliphatic carboxylic acids is 1. The van der Waals surface area contributed by atoms with Crippen molar-refractivity contribution in [3.8, 4) is 0 Å². The molecule has 0 spiro atoms. The van der Waals surface area contributed by atoms with Crippen LogP contribution >= 0.6 is 11.8 Å². The number of ether oxygens (including phenoxy) is 1. The maximum absolute atomic E-state index is 12.0. The highest BCUT2D eigenvalue weighted by molar-refractivity contribution is 7.99. The first-order valence-corrected chi connectivity index (χ1v) is 6.87. The van der Waals surface area contributed by atoms with Gasteiger partial charge in [0.1, 0.15) is 0 Å². The van der Waals surface area contributed by atoms with Gasteiger partial charge in [-0.15, -0.1) is 5.10 Å². The minimum Gasteiger partial charge on any atom is -0.481 e. The summed E-state index contributed by atoms with van der Waals surface area (Å²) in [6, 6.07) is 8.00. The van der Waals surface area contributed by atoms with Crippen LogP contribution in [0, 0.1) is 0 Å². The predicted octanol–water partition coefficient (Wildman–Crippen LogP) is 0.612. The Morgan fingerprint density at radius 2 is 2.10 bits per heavy atom. The van der Waals surface area contributed by atoms with Gasteiger partial charge in [-0.1, -0.05) is 42.1 Å². The van der Waals surface area contributed by atoms with E-state index >= 15 is 0 Å². The third-order valence-electron chi connectivity index (χ3n) is 2.57. The summed E-state index contributed by atoms with van der Waals surface area (Å²) in [5.41, 5.74) is 0.647. The van der Waals surface area contributed by atoms with Crippen molar-refractivity contribution in [1.29, 1.82) is 0 Å². The van der Waals surface area contributed by atoms with Crippen LogP contribution in [0.3, 0.4) is 0 Å². The highest BCUT2D eigenvalue weighted by atomic mass is 32.2. The number of tetrazole rings is 1. The predicted molar refractivity (Wildman–Crippen MR) is 72.8 cm³/mol. The lowest BCUT2D eigenvalue weighted by atomic mass is 10.1. The summed E-state index contributed by atoms with van der Waals surface area (Å²) < 4.78 is 6.05. The monoisotopic (exact) mass is 308 g/mol. The molecule has 0 aliphatic rings. The highest BCUT2D eigenvalue weighted by Gasteiger charge is 2.28. The van der Waals surface area contributed by atoms with Gasteiger partial charge in [0.15, 0.2) is 6.04 Å². The van der Waals surface area contributed by atoms with Gasteiger partial charge in [-0.3, -0.25) is 4.79 Å². The van der Waals surface area contributed by atoms with E-state index in [1.165, 1.54) is 11.8 Å². The number of thioether (sulfide) groups is 1. The van der Waals surface area contributed by atoms with Gasteiger partial charge in [-0.25, -0.2) is 9.48 Å². The molecule has 0 aliphatic carbocycles. The van der Waals surface area contributed by atoms with Gasteiger partial charge < -0.3 is 9.84 Å². The highest BCUT2D eigenvalue weighted by Crippen LogP contribution is 2.24. The molecule has 1 atom stereocenters. The molecule has 0 bridgehead atoms. The van der Waals surface area contributed by atoms with Crippen molar-refractivity contribution in [3.05, 3.63) is 35.9 Å². The quantitative estimate of drug-likeness (QED) is 0.611. The number of carboxylic acids is 1. The van der Waals surface area contributed by atoms with E-state index in [1.54, 1.807) is 24.3 Å². The topological polar surface area (TPSA) is 107 Å². The fraction of sp³-hybridized carbons (Fsp3) is 0.250. The number of aromatic nitrogens is 4. The molecule has 1 aromatic carbocycles. The number of hydrogen-bond acceptors (Lipinski definition) is 7. The second-order valence-electron chi connectivity index (χ2n) is 3.92. The van der Waals surface area contributed by atoms with E-state index in [1.807, 2.05) is 6.07 Å². The lowest BCUT2D eigenvalue weighted by Crippen LogP contribution is -2.24. The van der Waals surface area contributed by atoms with Crippen LogP contribution in [-0.2, 0) is 14.3 Å². The Bertz CT molecular complexity index is 631. The minimum atomic E-state index is -0.996. The first-order chi connectivity index (χ1) is 10.1. The molecule has 0 aliphatic heterocycles. The molecule has 1 aromatic heterocycles. The number of carbonyl (C=O) groups is 2. The zero-order valence-corrected chi connectivity index (χ0v) is 11.9. The smallest absolute Gasteiger partial charge is 0.335 e. The van der Waals surface area contributed by atoms with E-state index in [0.717, 1.165) is 11.8 Å². The van der Waals surface area contributed by atoms with Crippen molar-refractivity contribution in [3.63, 3.8) is 0 Å². The molecule has 0 saturated carbocycles. The van der Waals surface area contributed by atoms with Gasteiger partial charge in [0.05, 0.1) is 12.9 Å². The minimum absolute atomic E-state index is 0.205. The summed E-state index contributed by atoms with van der Waals surface area (Å²) in [5, 5.41) is 20.0. The zero-order chi connectivity index (χ0) is 15.2. The number of benzene rings is 1. The summed E-state index contributed by atoms with van der Waals surface area (Å²) in [4.78, 5) is 22.7. The Balaban J connectivity index is 2.36. The molecule has 1 N–H and O–H groups in total. The number of esters is 1. The Morgan fingerprint density at radius 1 is 1.38 bits per heavy atom. The first-order valence-electron chi connectivity index (χ1n) is 5.88. The molecule has 2 aromatic rings. The van der Waals surface area contributed by atoms with Crippen LogP contribution in [0.15, 0.2) is 35.5 Å². The van der Waals surface area contributed by atoms with E-state index in [2.05, 4.69) is 15.5 Å². The van der Waals surface area contributed by atoms with Crippen molar-refractivity contribution in [2.24, 2.45) is 0 Å². The summed E-state index contributed by atoms with van der Waals surface area (Å²) in [6.07, 6.45) is 0. The van der Waals surface area contributed by atoms with Crippen molar-refractivity contribution in [1.82, 2.24) is 20.2 Å². The van der Waals surface area contributed by atoms with Crippen LogP contribution in [0.5, 0.6) is 0 Å². The third kappa shape index (κ3) is 3.57. The zero-order valence-electron chi connectivity index (χ0n) is 11.0. The van der Waals surface area contributed by atoms with Crippen molar-refractivity contribution in [2.75, 3.05) is 12.9 Å². The molecule has 0 amide bonds. The molecule has 21 heavy (non-hydrogen) atoms. The number of carboxylic acid groups (broad SMARTS) is 1. The van der Waals surface area contributed by atoms with E-state index in [4.69, 9.17) is 9.84 Å². The van der Waals surface area contributed by atoms with E-state index in [-0.39, 0.29) is 10.9 Å². The van der Waals surface area contributed by atoms with Crippen molar-refractivity contribution in [2.45, 2.75) is 11.2 Å². The Morgan fingerprint density at radius 3 is 2.71 bits per heavy atom. The number of methoxy groups -OCH3 is 1. The van der Waals surface area contributed by atoms with Crippen LogP contribution in [0.2, 0.25) is 0 Å². The largest absolute Gasteiger partial charge is 0.481 e. The molecular weight excluding hydrogens is 296 g/mol. The summed E-state index contributed by atoms with van der Waals surface area (Å²) >= 11 is 0.932. The van der Waals surface area contributed by atoms with Crippen molar-refractivity contribution < 1.29 is 19.4 Å². The van der Waals surface area contributed by atoms with Crippen molar-refractivity contribution >= 4 is 23.7 Å². The van der Waals surface area contributed by atoms with Gasteiger partial charge >= 0.3 is 11.9 Å². The summed E-state index contributed by atoms with van der Waals surface area (Å²) in [7, 11) is 1.27. The fourth-order valence-corrected chi connectivity index (χ4v) is 2.31. The molecule has 2 rings (SSSR count). The second-order valence-corrected chi connectivity index (χ2v) is 4.87. The van der Waals surface area contributed by atoms with Crippen LogP contribution in [0.4, 0.5) is 0 Å². The third-order valence-corrected chi connectivity index (χ3v) is 3.49. The molecule has 110 valence electrons. The maximum atomic E-state index is 12.0. The molecule has 0 fully saturated rings. The average molecular weight is 308 g/mol. The second kappa shape index (κ2) is 6.84. The van der Waals surface area contributed by atoms with Gasteiger partial charge in [-0.2, -0.15) is 0 Å². The van der Waals surface area contributed by atoms with Gasteiger partial charge in [0.25, 0.3) is 0 Å². The molecule has 1 unspecified atom stereocenters. The Labute approximate surface area is 124 Å². The Kier molecular flexibility index (Phi) is 4.88. The molecule has 0 saturated heterocycles. The first kappa shape index (κ1) is 15.0. The lowest BCUT2D eigenvalue weighted by Gasteiger charge is -2.15. The van der Waals surface area contributed by atoms with Crippen LogP contribution in [0.1, 0.15) is 11.6 Å². The fourth-order valence-electron chi connectivity index (χ4n) is 1.69. The van der Waals surface area contributed by atoms with Crippen LogP contribution in [0.25, 0.3) is 0 Å². The van der Waals surface area contributed by atoms with Gasteiger partial charge in [0.2, 0.25) is 5.16 Å². The van der Waals surface area contributed by atoms with E-state index in [0.29, 0.717) is 5.56 Å². The van der Waals surface area contributed by atoms with Crippen LogP contribution < -0.4 is 0 Å². The van der Waals surface area contributed by atoms with E-state index in [9.17, 15) is 9.59 Å². The number of nitrogens with zero attached hydrogens (tertiary/aromatic N) is 4.